The minimum Gasteiger partial charge on any atom is -0.487 e. The summed E-state index contributed by atoms with van der Waals surface area (Å²) in [5, 5.41) is 9.72. The van der Waals surface area contributed by atoms with Crippen LogP contribution in [0.2, 0.25) is 0 Å². The summed E-state index contributed by atoms with van der Waals surface area (Å²) in [6.07, 6.45) is 9.04. The van der Waals surface area contributed by atoms with Crippen molar-refractivity contribution in [2.75, 3.05) is 0 Å². The molecule has 0 aliphatic carbocycles. The molecule has 7 heteroatoms. The van der Waals surface area contributed by atoms with E-state index >= 15 is 0 Å². The van der Waals surface area contributed by atoms with Crippen LogP contribution in [0.25, 0.3) is 55.6 Å². The van der Waals surface area contributed by atoms with Crippen LogP contribution in [0.15, 0.2) is 110 Å². The van der Waals surface area contributed by atoms with Crippen LogP contribution < -0.4 is 4.74 Å². The molecule has 7 nitrogen and oxygen atoms in total. The number of pyridine rings is 3. The minimum atomic E-state index is 0.483. The normalized spacial score (nSPS) is 11.3. The van der Waals surface area contributed by atoms with E-state index in [4.69, 9.17) is 4.74 Å². The number of nitrogens with zero attached hydrogens (tertiary/aromatic N) is 4. The molecule has 5 aromatic heterocycles. The highest BCUT2D eigenvalue weighted by Gasteiger charge is 2.15. The zero-order valence-electron chi connectivity index (χ0n) is 20.3. The van der Waals surface area contributed by atoms with Crippen LogP contribution in [0.1, 0.15) is 5.56 Å². The Labute approximate surface area is 218 Å². The van der Waals surface area contributed by atoms with E-state index < -0.39 is 0 Å². The van der Waals surface area contributed by atoms with Gasteiger partial charge in [-0.25, -0.2) is 4.98 Å². The maximum Gasteiger partial charge on any atom is 0.155 e. The second-order valence-electron chi connectivity index (χ2n) is 9.07. The third-order valence-electron chi connectivity index (χ3n) is 6.60. The van der Waals surface area contributed by atoms with E-state index in [2.05, 4.69) is 60.5 Å². The van der Waals surface area contributed by atoms with Crippen LogP contribution in [0.3, 0.4) is 0 Å². The van der Waals surface area contributed by atoms with Gasteiger partial charge in [-0.2, -0.15) is 5.10 Å². The van der Waals surface area contributed by atoms with E-state index in [1.807, 2.05) is 67.1 Å². The van der Waals surface area contributed by atoms with Gasteiger partial charge in [-0.05, 0) is 41.5 Å². The number of H-pyrrole nitrogens is 2. The monoisotopic (exact) mass is 494 g/mol. The molecule has 0 fully saturated rings. The number of hydrogen-bond donors (Lipinski definition) is 2. The molecule has 0 aliphatic heterocycles. The summed E-state index contributed by atoms with van der Waals surface area (Å²) in [6, 6.07) is 26.6. The molecule has 0 saturated heterocycles. The lowest BCUT2D eigenvalue weighted by atomic mass is 10.0. The highest BCUT2D eigenvalue weighted by Crippen LogP contribution is 2.34. The van der Waals surface area contributed by atoms with Crippen molar-refractivity contribution in [3.8, 4) is 39.4 Å². The summed E-state index contributed by atoms with van der Waals surface area (Å²) in [5.41, 5.74) is 8.64. The number of nitrogens with one attached hydrogen (secondary N) is 2. The third kappa shape index (κ3) is 4.06. The number of benzene rings is 2. The van der Waals surface area contributed by atoms with E-state index in [1.165, 1.54) is 0 Å². The first kappa shape index (κ1) is 21.9. The fourth-order valence-corrected chi connectivity index (χ4v) is 4.72. The van der Waals surface area contributed by atoms with Gasteiger partial charge in [0, 0.05) is 57.8 Å². The summed E-state index contributed by atoms with van der Waals surface area (Å²) >= 11 is 0. The van der Waals surface area contributed by atoms with Gasteiger partial charge in [-0.15, -0.1) is 0 Å². The summed E-state index contributed by atoms with van der Waals surface area (Å²) in [7, 11) is 0. The molecule has 0 radical (unpaired) electrons. The fourth-order valence-electron chi connectivity index (χ4n) is 4.72. The first-order valence-electron chi connectivity index (χ1n) is 12.3. The SMILES string of the molecule is c1ccc(COc2cncc(-c3cnc4[nH]nc(-c5cc6c(-c7cccnc7)cccc6[nH]5)c4c3)c2)cc1. The Balaban J connectivity index is 1.24. The lowest BCUT2D eigenvalue weighted by Gasteiger charge is -2.08. The zero-order valence-corrected chi connectivity index (χ0v) is 20.3. The summed E-state index contributed by atoms with van der Waals surface area (Å²) in [6.45, 7) is 0.483. The van der Waals surface area contributed by atoms with E-state index in [0.717, 1.165) is 61.1 Å². The molecule has 0 atom stereocenters. The molecule has 0 unspecified atom stereocenters. The Kier molecular flexibility index (Phi) is 5.37. The molecule has 182 valence electrons. The quantitative estimate of drug-likeness (QED) is 0.265. The van der Waals surface area contributed by atoms with Crippen molar-refractivity contribution in [3.05, 3.63) is 115 Å². The zero-order chi connectivity index (χ0) is 25.3. The molecule has 0 saturated carbocycles. The standard InChI is InChI=1S/C31H22N6O/c1-2-6-20(7-3-1)19-38-24-12-22(16-33-18-24)23-13-27-30(36-37-31(27)34-17-23)29-14-26-25(9-4-10-28(26)35-29)21-8-5-11-32-15-21/h1-18,35H,19H2,(H,34,36,37). The van der Waals surface area contributed by atoms with Gasteiger partial charge in [0.1, 0.15) is 18.1 Å². The van der Waals surface area contributed by atoms with Crippen LogP contribution in [-0.4, -0.2) is 30.1 Å². The molecule has 7 rings (SSSR count). The average Bonchev–Trinajstić information content (AvgIpc) is 3.61. The summed E-state index contributed by atoms with van der Waals surface area (Å²) in [5.74, 6) is 0.706. The summed E-state index contributed by atoms with van der Waals surface area (Å²) in [4.78, 5) is 16.9. The van der Waals surface area contributed by atoms with Crippen LogP contribution in [-0.2, 0) is 6.61 Å². The highest BCUT2D eigenvalue weighted by molar-refractivity contribution is 6.01. The van der Waals surface area contributed by atoms with Crippen LogP contribution in [0.5, 0.6) is 5.75 Å². The number of aromatic amines is 2. The smallest absolute Gasteiger partial charge is 0.155 e. The number of rotatable bonds is 6. The lowest BCUT2D eigenvalue weighted by molar-refractivity contribution is 0.305. The van der Waals surface area contributed by atoms with Gasteiger partial charge >= 0.3 is 0 Å². The van der Waals surface area contributed by atoms with E-state index in [-0.39, 0.29) is 0 Å². The molecule has 38 heavy (non-hydrogen) atoms. The molecule has 2 aromatic carbocycles. The maximum atomic E-state index is 5.99. The van der Waals surface area contributed by atoms with E-state index in [0.29, 0.717) is 12.4 Å². The first-order chi connectivity index (χ1) is 18.8. The number of fused-ring (bicyclic) bond motifs is 2. The van der Waals surface area contributed by atoms with Crippen molar-refractivity contribution < 1.29 is 4.74 Å². The van der Waals surface area contributed by atoms with Crippen molar-refractivity contribution in [2.24, 2.45) is 0 Å². The summed E-state index contributed by atoms with van der Waals surface area (Å²) < 4.78 is 5.99. The predicted molar refractivity (Wildman–Crippen MR) is 148 cm³/mol. The predicted octanol–water partition coefficient (Wildman–Crippen LogP) is 6.81. The van der Waals surface area contributed by atoms with Crippen molar-refractivity contribution >= 4 is 21.9 Å². The average molecular weight is 495 g/mol. The Bertz CT molecular complexity index is 1880. The second kappa shape index (κ2) is 9.29. The Morgan fingerprint density at radius 1 is 0.711 bits per heavy atom. The van der Waals surface area contributed by atoms with Gasteiger partial charge in [0.15, 0.2) is 5.65 Å². The van der Waals surface area contributed by atoms with Gasteiger partial charge in [-0.3, -0.25) is 15.1 Å². The number of ether oxygens (including phenoxy) is 1. The molecule has 0 amide bonds. The van der Waals surface area contributed by atoms with Crippen LogP contribution >= 0.6 is 0 Å². The molecule has 2 N–H and O–H groups in total. The third-order valence-corrected chi connectivity index (χ3v) is 6.60. The van der Waals surface area contributed by atoms with Gasteiger partial charge in [-0.1, -0.05) is 48.5 Å². The van der Waals surface area contributed by atoms with E-state index in [1.54, 1.807) is 12.4 Å². The van der Waals surface area contributed by atoms with Crippen molar-refractivity contribution in [3.63, 3.8) is 0 Å². The second-order valence-corrected chi connectivity index (χ2v) is 9.07. The Morgan fingerprint density at radius 2 is 1.61 bits per heavy atom. The van der Waals surface area contributed by atoms with Crippen LogP contribution in [0.4, 0.5) is 0 Å². The lowest BCUT2D eigenvalue weighted by Crippen LogP contribution is -1.96. The molecule has 5 heterocycles. The largest absolute Gasteiger partial charge is 0.487 e. The Hall–Kier alpha value is -5.30. The van der Waals surface area contributed by atoms with Gasteiger partial charge in [0.2, 0.25) is 0 Å². The molecule has 0 bridgehead atoms. The molecule has 7 aromatic rings. The Morgan fingerprint density at radius 3 is 2.50 bits per heavy atom. The number of hydrogen-bond acceptors (Lipinski definition) is 5. The molecule has 0 spiro atoms. The first-order valence-corrected chi connectivity index (χ1v) is 12.3. The van der Waals surface area contributed by atoms with Gasteiger partial charge in [0.25, 0.3) is 0 Å². The molecular formula is C31H22N6O. The highest BCUT2D eigenvalue weighted by atomic mass is 16.5. The van der Waals surface area contributed by atoms with Gasteiger partial charge < -0.3 is 9.72 Å². The van der Waals surface area contributed by atoms with Crippen LogP contribution in [0, 0.1) is 0 Å². The van der Waals surface area contributed by atoms with Gasteiger partial charge in [0.05, 0.1) is 11.9 Å². The van der Waals surface area contributed by atoms with Crippen molar-refractivity contribution in [2.45, 2.75) is 6.61 Å². The molecule has 0 aliphatic rings. The topological polar surface area (TPSA) is 92.4 Å². The van der Waals surface area contributed by atoms with Crippen molar-refractivity contribution in [1.29, 1.82) is 0 Å². The minimum absolute atomic E-state index is 0.483. The van der Waals surface area contributed by atoms with Crippen molar-refractivity contribution in [1.82, 2.24) is 30.1 Å². The van der Waals surface area contributed by atoms with E-state index in [9.17, 15) is 0 Å². The maximum absolute atomic E-state index is 5.99. The fraction of sp³-hybridized carbons (Fsp3) is 0.0323. The number of aromatic nitrogens is 6. The molecular weight excluding hydrogens is 472 g/mol.